The van der Waals surface area contributed by atoms with E-state index in [2.05, 4.69) is 10.3 Å². The van der Waals surface area contributed by atoms with E-state index in [-0.39, 0.29) is 0 Å². The first-order valence-electron chi connectivity index (χ1n) is 4.66. The van der Waals surface area contributed by atoms with Crippen LogP contribution < -0.4 is 5.32 Å². The predicted molar refractivity (Wildman–Crippen MR) is 50.8 cm³/mol. The topological polar surface area (TPSA) is 62.2 Å². The molecule has 1 unspecified atom stereocenters. The standard InChI is InChI=1S/C10H12N2O2/c13-10(14)9(12-8-3-4-8)7-2-1-5-11-6-7/h1-2,5-6,8-9,12H,3-4H2,(H,13,14). The third kappa shape index (κ3) is 2.09. The highest BCUT2D eigenvalue weighted by atomic mass is 16.4. The highest BCUT2D eigenvalue weighted by Crippen LogP contribution is 2.23. The van der Waals surface area contributed by atoms with Crippen LogP contribution in [0.25, 0.3) is 0 Å². The summed E-state index contributed by atoms with van der Waals surface area (Å²) in [6.45, 7) is 0. The maximum absolute atomic E-state index is 11.0. The Labute approximate surface area is 82.0 Å². The number of carboxylic acids is 1. The fourth-order valence-corrected chi connectivity index (χ4v) is 1.34. The molecule has 74 valence electrons. The zero-order valence-corrected chi connectivity index (χ0v) is 7.68. The molecule has 0 radical (unpaired) electrons. The van der Waals surface area contributed by atoms with Gasteiger partial charge in [0.1, 0.15) is 6.04 Å². The Morgan fingerprint density at radius 1 is 1.64 bits per heavy atom. The Kier molecular flexibility index (Phi) is 2.45. The molecule has 0 aliphatic heterocycles. The minimum atomic E-state index is -0.843. The normalized spacial score (nSPS) is 17.7. The SMILES string of the molecule is O=C(O)C(NC1CC1)c1cccnc1. The molecule has 0 spiro atoms. The van der Waals surface area contributed by atoms with Gasteiger partial charge in [0, 0.05) is 18.4 Å². The molecule has 1 aromatic rings. The van der Waals surface area contributed by atoms with Crippen molar-refractivity contribution in [1.29, 1.82) is 0 Å². The number of pyridine rings is 1. The molecular formula is C10H12N2O2. The molecule has 2 rings (SSSR count). The van der Waals surface area contributed by atoms with E-state index in [1.54, 1.807) is 24.5 Å². The second-order valence-corrected chi connectivity index (χ2v) is 3.50. The van der Waals surface area contributed by atoms with Gasteiger partial charge in [0.15, 0.2) is 0 Å². The quantitative estimate of drug-likeness (QED) is 0.745. The molecule has 1 aromatic heterocycles. The summed E-state index contributed by atoms with van der Waals surface area (Å²) < 4.78 is 0. The van der Waals surface area contributed by atoms with Gasteiger partial charge in [0.2, 0.25) is 0 Å². The zero-order chi connectivity index (χ0) is 9.97. The molecule has 1 aliphatic rings. The van der Waals surface area contributed by atoms with Crippen LogP contribution in [0.4, 0.5) is 0 Å². The molecule has 14 heavy (non-hydrogen) atoms. The van der Waals surface area contributed by atoms with Gasteiger partial charge in [0.25, 0.3) is 0 Å². The molecule has 1 fully saturated rings. The first-order valence-corrected chi connectivity index (χ1v) is 4.66. The third-order valence-corrected chi connectivity index (χ3v) is 2.24. The third-order valence-electron chi connectivity index (χ3n) is 2.24. The number of aromatic nitrogens is 1. The minimum Gasteiger partial charge on any atom is -0.480 e. The summed E-state index contributed by atoms with van der Waals surface area (Å²) in [4.78, 5) is 14.9. The van der Waals surface area contributed by atoms with E-state index in [0.717, 1.165) is 12.8 Å². The van der Waals surface area contributed by atoms with Gasteiger partial charge in [-0.3, -0.25) is 15.1 Å². The van der Waals surface area contributed by atoms with E-state index in [9.17, 15) is 4.79 Å². The van der Waals surface area contributed by atoms with Gasteiger partial charge in [0.05, 0.1) is 0 Å². The average Bonchev–Trinajstić information content (AvgIpc) is 2.99. The summed E-state index contributed by atoms with van der Waals surface area (Å²) in [5.74, 6) is -0.843. The summed E-state index contributed by atoms with van der Waals surface area (Å²) in [5, 5.41) is 12.1. The van der Waals surface area contributed by atoms with Crippen LogP contribution in [0.5, 0.6) is 0 Å². The Hall–Kier alpha value is -1.42. The Bertz CT molecular complexity index is 322. The van der Waals surface area contributed by atoms with Crippen molar-refractivity contribution in [3.63, 3.8) is 0 Å². The molecule has 0 bridgehead atoms. The number of nitrogens with one attached hydrogen (secondary N) is 1. The monoisotopic (exact) mass is 192 g/mol. The summed E-state index contributed by atoms with van der Waals surface area (Å²) >= 11 is 0. The van der Waals surface area contributed by atoms with Crippen LogP contribution in [0.15, 0.2) is 24.5 Å². The molecule has 1 heterocycles. The fraction of sp³-hybridized carbons (Fsp3) is 0.400. The van der Waals surface area contributed by atoms with E-state index in [1.165, 1.54) is 0 Å². The maximum Gasteiger partial charge on any atom is 0.325 e. The number of carboxylic acid groups (broad SMARTS) is 1. The van der Waals surface area contributed by atoms with Gasteiger partial charge < -0.3 is 5.11 Å². The number of rotatable bonds is 4. The van der Waals surface area contributed by atoms with E-state index < -0.39 is 12.0 Å². The van der Waals surface area contributed by atoms with Crippen LogP contribution >= 0.6 is 0 Å². The average molecular weight is 192 g/mol. The van der Waals surface area contributed by atoms with Crippen molar-refractivity contribution < 1.29 is 9.90 Å². The van der Waals surface area contributed by atoms with Crippen molar-refractivity contribution in [2.45, 2.75) is 24.9 Å². The van der Waals surface area contributed by atoms with Crippen molar-refractivity contribution in [2.24, 2.45) is 0 Å². The van der Waals surface area contributed by atoms with E-state index >= 15 is 0 Å². The molecule has 4 heteroatoms. The number of carbonyl (C=O) groups is 1. The highest BCUT2D eigenvalue weighted by molar-refractivity contribution is 5.75. The fourth-order valence-electron chi connectivity index (χ4n) is 1.34. The number of nitrogens with zero attached hydrogens (tertiary/aromatic N) is 1. The number of aliphatic carboxylic acids is 1. The van der Waals surface area contributed by atoms with Crippen LogP contribution in [0.3, 0.4) is 0 Å². The summed E-state index contributed by atoms with van der Waals surface area (Å²) in [7, 11) is 0. The molecule has 4 nitrogen and oxygen atoms in total. The van der Waals surface area contributed by atoms with Crippen molar-refractivity contribution in [3.8, 4) is 0 Å². The van der Waals surface area contributed by atoms with E-state index in [1.807, 2.05) is 0 Å². The number of hydrogen-bond donors (Lipinski definition) is 2. The lowest BCUT2D eigenvalue weighted by Gasteiger charge is -2.13. The first-order chi connectivity index (χ1) is 6.77. The lowest BCUT2D eigenvalue weighted by atomic mass is 10.1. The second-order valence-electron chi connectivity index (χ2n) is 3.50. The smallest absolute Gasteiger partial charge is 0.325 e. The zero-order valence-electron chi connectivity index (χ0n) is 7.68. The number of hydrogen-bond acceptors (Lipinski definition) is 3. The van der Waals surface area contributed by atoms with Crippen LogP contribution in [0.2, 0.25) is 0 Å². The second kappa shape index (κ2) is 3.75. The van der Waals surface area contributed by atoms with Gasteiger partial charge in [-0.05, 0) is 24.5 Å². The van der Waals surface area contributed by atoms with E-state index in [4.69, 9.17) is 5.11 Å². The largest absolute Gasteiger partial charge is 0.480 e. The Morgan fingerprint density at radius 2 is 2.43 bits per heavy atom. The van der Waals surface area contributed by atoms with Crippen molar-refractivity contribution >= 4 is 5.97 Å². The molecule has 1 atom stereocenters. The van der Waals surface area contributed by atoms with Crippen molar-refractivity contribution in [3.05, 3.63) is 30.1 Å². The van der Waals surface area contributed by atoms with Crippen molar-refractivity contribution in [2.75, 3.05) is 0 Å². The molecule has 0 saturated heterocycles. The predicted octanol–water partition coefficient (Wildman–Crippen LogP) is 0.959. The molecule has 0 aromatic carbocycles. The lowest BCUT2D eigenvalue weighted by Crippen LogP contribution is -2.30. The Balaban J connectivity index is 2.13. The highest BCUT2D eigenvalue weighted by Gasteiger charge is 2.29. The summed E-state index contributed by atoms with van der Waals surface area (Å²) in [6, 6.07) is 3.29. The van der Waals surface area contributed by atoms with Gasteiger partial charge in [-0.1, -0.05) is 6.07 Å². The van der Waals surface area contributed by atoms with Crippen LogP contribution in [-0.4, -0.2) is 22.1 Å². The minimum absolute atomic E-state index is 0.372. The van der Waals surface area contributed by atoms with Gasteiger partial charge >= 0.3 is 5.97 Å². The van der Waals surface area contributed by atoms with Crippen LogP contribution in [0.1, 0.15) is 24.4 Å². The van der Waals surface area contributed by atoms with Crippen LogP contribution in [0, 0.1) is 0 Å². The maximum atomic E-state index is 11.0. The first kappa shape index (κ1) is 9.15. The Morgan fingerprint density at radius 3 is 2.93 bits per heavy atom. The summed E-state index contributed by atoms with van der Waals surface area (Å²) in [6.07, 6.45) is 5.38. The lowest BCUT2D eigenvalue weighted by molar-refractivity contribution is -0.139. The molecule has 1 aliphatic carbocycles. The molecular weight excluding hydrogens is 180 g/mol. The summed E-state index contributed by atoms with van der Waals surface area (Å²) in [5.41, 5.74) is 0.715. The van der Waals surface area contributed by atoms with E-state index in [0.29, 0.717) is 11.6 Å². The molecule has 0 amide bonds. The van der Waals surface area contributed by atoms with Gasteiger partial charge in [-0.25, -0.2) is 0 Å². The van der Waals surface area contributed by atoms with Crippen molar-refractivity contribution in [1.82, 2.24) is 10.3 Å². The molecule has 1 saturated carbocycles. The van der Waals surface area contributed by atoms with Gasteiger partial charge in [-0.15, -0.1) is 0 Å². The molecule has 2 N–H and O–H groups in total. The van der Waals surface area contributed by atoms with Crippen LogP contribution in [-0.2, 0) is 4.79 Å². The van der Waals surface area contributed by atoms with Gasteiger partial charge in [-0.2, -0.15) is 0 Å².